The van der Waals surface area contributed by atoms with Gasteiger partial charge in [0, 0.05) is 14.3 Å². The maximum Gasteiger partial charge on any atom is 0.322 e. The largest absolute Gasteiger partial charge is 0.507 e. The van der Waals surface area contributed by atoms with Gasteiger partial charge in [-0.2, -0.15) is 0 Å². The molecule has 0 radical (unpaired) electrons. The van der Waals surface area contributed by atoms with Crippen molar-refractivity contribution in [3.63, 3.8) is 0 Å². The average molecular weight is 389 g/mol. The molecule has 7 heteroatoms. The van der Waals surface area contributed by atoms with Gasteiger partial charge < -0.3 is 20.4 Å². The molecule has 1 atom stereocenters. The summed E-state index contributed by atoms with van der Waals surface area (Å²) in [5.74, 6) is -1.96. The van der Waals surface area contributed by atoms with Crippen LogP contribution in [-0.2, 0) is 17.4 Å². The Kier molecular flexibility index (Phi) is 6.94. The molecule has 2 aromatic rings. The third-order valence-corrected chi connectivity index (χ3v) is 5.08. The van der Waals surface area contributed by atoms with Crippen molar-refractivity contribution in [1.29, 1.82) is 0 Å². The molecule has 27 heavy (non-hydrogen) atoms. The van der Waals surface area contributed by atoms with Crippen molar-refractivity contribution < 1.29 is 24.7 Å². The van der Waals surface area contributed by atoms with Crippen LogP contribution in [0.25, 0.3) is 0 Å². The Balaban J connectivity index is 2.26. The fraction of sp³-hybridized carbons (Fsp3) is 0.300. The smallest absolute Gasteiger partial charge is 0.322 e. The van der Waals surface area contributed by atoms with Crippen molar-refractivity contribution in [2.75, 3.05) is 13.2 Å². The standard InChI is InChI=1S/C20H24NO5P/c1-12-6-15(11-27(3)26)7-13(2)16(12)8-14-4-5-18(22)17(9-14)20(25)21-10-19(23)24/h4-7,9,22,26H,8,10-11H2,1-3H3,(H,21,25)(H,23,24). The zero-order chi connectivity index (χ0) is 20.1. The lowest BCUT2D eigenvalue weighted by Crippen LogP contribution is -2.29. The molecule has 0 saturated carbocycles. The molecule has 0 spiro atoms. The summed E-state index contributed by atoms with van der Waals surface area (Å²) in [5.41, 5.74) is 5.33. The van der Waals surface area contributed by atoms with E-state index in [1.165, 1.54) is 6.07 Å². The first-order valence-electron chi connectivity index (χ1n) is 8.48. The molecule has 4 N–H and O–H groups in total. The van der Waals surface area contributed by atoms with Gasteiger partial charge in [0.05, 0.1) is 5.56 Å². The minimum absolute atomic E-state index is 0.0533. The van der Waals surface area contributed by atoms with Gasteiger partial charge >= 0.3 is 5.97 Å². The Hall–Kier alpha value is -2.43. The van der Waals surface area contributed by atoms with Crippen LogP contribution in [0.5, 0.6) is 5.75 Å². The zero-order valence-electron chi connectivity index (χ0n) is 15.6. The highest BCUT2D eigenvalue weighted by atomic mass is 31.1. The third kappa shape index (κ3) is 5.78. The number of carbonyl (C=O) groups excluding carboxylic acids is 1. The van der Waals surface area contributed by atoms with Crippen LogP contribution in [0.2, 0.25) is 0 Å². The van der Waals surface area contributed by atoms with Crippen molar-refractivity contribution in [1.82, 2.24) is 5.32 Å². The van der Waals surface area contributed by atoms with Crippen molar-refractivity contribution in [3.05, 3.63) is 63.7 Å². The molecule has 0 bridgehead atoms. The van der Waals surface area contributed by atoms with E-state index in [9.17, 15) is 19.6 Å². The van der Waals surface area contributed by atoms with Crippen molar-refractivity contribution >= 4 is 20.0 Å². The van der Waals surface area contributed by atoms with Crippen LogP contribution in [0, 0.1) is 13.8 Å². The number of phenols is 1. The molecule has 1 amide bonds. The summed E-state index contributed by atoms with van der Waals surface area (Å²) in [6.45, 7) is 5.35. The molecule has 0 aliphatic rings. The van der Waals surface area contributed by atoms with E-state index in [2.05, 4.69) is 17.4 Å². The minimum Gasteiger partial charge on any atom is -0.507 e. The predicted molar refractivity (Wildman–Crippen MR) is 106 cm³/mol. The van der Waals surface area contributed by atoms with Crippen LogP contribution in [0.1, 0.15) is 38.2 Å². The normalized spacial score (nSPS) is 11.9. The molecular weight excluding hydrogens is 365 g/mol. The van der Waals surface area contributed by atoms with Gasteiger partial charge in [0.25, 0.3) is 5.91 Å². The lowest BCUT2D eigenvalue weighted by Gasteiger charge is -2.15. The van der Waals surface area contributed by atoms with Gasteiger partial charge in [-0.3, -0.25) is 9.59 Å². The molecule has 0 aromatic heterocycles. The molecule has 0 aliphatic carbocycles. The molecule has 6 nitrogen and oxygen atoms in total. The summed E-state index contributed by atoms with van der Waals surface area (Å²) < 4.78 is 0. The second-order valence-electron chi connectivity index (χ2n) is 6.63. The molecule has 0 heterocycles. The maximum absolute atomic E-state index is 12.1. The fourth-order valence-corrected chi connectivity index (χ4v) is 3.76. The Labute approximate surface area is 159 Å². The number of hydrogen-bond donors (Lipinski definition) is 4. The number of aryl methyl sites for hydroxylation is 2. The molecule has 2 rings (SSSR count). The van der Waals surface area contributed by atoms with Gasteiger partial charge in [0.1, 0.15) is 12.3 Å². The minimum atomic E-state index is -1.15. The number of benzene rings is 2. The average Bonchev–Trinajstić information content (AvgIpc) is 2.56. The van der Waals surface area contributed by atoms with Crippen LogP contribution >= 0.6 is 8.15 Å². The van der Waals surface area contributed by atoms with E-state index < -0.39 is 26.6 Å². The lowest BCUT2D eigenvalue weighted by molar-refractivity contribution is -0.135. The fourth-order valence-electron chi connectivity index (χ4n) is 3.05. The van der Waals surface area contributed by atoms with Crippen LogP contribution in [0.4, 0.5) is 0 Å². The quantitative estimate of drug-likeness (QED) is 0.545. The Morgan fingerprint density at radius 1 is 1.07 bits per heavy atom. The van der Waals surface area contributed by atoms with Crippen LogP contribution in [-0.4, -0.2) is 40.2 Å². The first-order valence-corrected chi connectivity index (χ1v) is 10.4. The van der Waals surface area contributed by atoms with Gasteiger partial charge in [-0.05, 0) is 66.9 Å². The summed E-state index contributed by atoms with van der Waals surface area (Å²) >= 11 is 0. The predicted octanol–water partition coefficient (Wildman–Crippen LogP) is 2.93. The van der Waals surface area contributed by atoms with Gasteiger partial charge in [-0.15, -0.1) is 0 Å². The first kappa shape index (κ1) is 20.9. The Bertz CT molecular complexity index is 840. The second kappa shape index (κ2) is 8.98. The second-order valence-corrected chi connectivity index (χ2v) is 8.26. The summed E-state index contributed by atoms with van der Waals surface area (Å²) in [4.78, 5) is 32.4. The van der Waals surface area contributed by atoms with E-state index in [0.29, 0.717) is 12.6 Å². The molecule has 2 aromatic carbocycles. The van der Waals surface area contributed by atoms with Crippen LogP contribution < -0.4 is 5.32 Å². The molecule has 1 unspecified atom stereocenters. The van der Waals surface area contributed by atoms with E-state index in [1.54, 1.807) is 12.1 Å². The highest BCUT2D eigenvalue weighted by molar-refractivity contribution is 7.49. The number of amides is 1. The number of aromatic hydroxyl groups is 1. The summed E-state index contributed by atoms with van der Waals surface area (Å²) in [6, 6.07) is 8.91. The SMILES string of the molecule is Cc1cc(CP(C)O)cc(C)c1Cc1ccc(O)c(C(=O)NCC(=O)O)c1. The van der Waals surface area contributed by atoms with Gasteiger partial charge in [0.15, 0.2) is 0 Å². The van der Waals surface area contributed by atoms with E-state index in [4.69, 9.17) is 5.11 Å². The topological polar surface area (TPSA) is 107 Å². The number of rotatable bonds is 7. The van der Waals surface area contributed by atoms with Gasteiger partial charge in [0.2, 0.25) is 0 Å². The van der Waals surface area contributed by atoms with E-state index in [-0.39, 0.29) is 11.3 Å². The van der Waals surface area contributed by atoms with E-state index in [1.807, 2.05) is 20.5 Å². The van der Waals surface area contributed by atoms with Crippen molar-refractivity contribution in [2.45, 2.75) is 26.4 Å². The molecule has 0 aliphatic heterocycles. The van der Waals surface area contributed by atoms with E-state index >= 15 is 0 Å². The summed E-state index contributed by atoms with van der Waals surface area (Å²) in [6.07, 6.45) is 1.24. The Morgan fingerprint density at radius 3 is 2.26 bits per heavy atom. The zero-order valence-corrected chi connectivity index (χ0v) is 16.5. The van der Waals surface area contributed by atoms with Crippen molar-refractivity contribution in [3.8, 4) is 5.75 Å². The highest BCUT2D eigenvalue weighted by Gasteiger charge is 2.14. The van der Waals surface area contributed by atoms with Gasteiger partial charge in [-0.25, -0.2) is 0 Å². The maximum atomic E-state index is 12.1. The number of nitrogens with one attached hydrogen (secondary N) is 1. The van der Waals surface area contributed by atoms with Crippen LogP contribution in [0.3, 0.4) is 0 Å². The highest BCUT2D eigenvalue weighted by Crippen LogP contribution is 2.32. The number of phenolic OH excluding ortho intramolecular Hbond substituents is 1. The molecule has 0 saturated heterocycles. The number of carboxylic acids is 1. The molecular formula is C20H24NO5P. The van der Waals surface area contributed by atoms with Crippen LogP contribution in [0.15, 0.2) is 30.3 Å². The first-order chi connectivity index (χ1) is 12.7. The third-order valence-electron chi connectivity index (χ3n) is 4.25. The monoisotopic (exact) mass is 389 g/mol. The van der Waals surface area contributed by atoms with E-state index in [0.717, 1.165) is 27.8 Å². The Morgan fingerprint density at radius 2 is 1.70 bits per heavy atom. The number of carboxylic acid groups (broad SMARTS) is 1. The molecule has 0 fully saturated rings. The number of aliphatic carboxylic acids is 1. The number of hydrogen-bond acceptors (Lipinski definition) is 4. The number of carbonyl (C=O) groups is 2. The molecule has 144 valence electrons. The van der Waals surface area contributed by atoms with Gasteiger partial charge in [-0.1, -0.05) is 18.2 Å². The lowest BCUT2D eigenvalue weighted by atomic mass is 9.93. The summed E-state index contributed by atoms with van der Waals surface area (Å²) in [5, 5.41) is 20.9. The summed E-state index contributed by atoms with van der Waals surface area (Å²) in [7, 11) is -0.997. The van der Waals surface area contributed by atoms with Crippen molar-refractivity contribution in [2.24, 2.45) is 0 Å².